The molecular formula is C34H46Cl3N4O4-. The predicted octanol–water partition coefficient (Wildman–Crippen LogP) is -6.70. The quantitative estimate of drug-likeness (QED) is 0.209. The number of nitrogens with two attached hydrogens (primary N) is 1. The van der Waals surface area contributed by atoms with E-state index in [4.69, 9.17) is 9.47 Å². The van der Waals surface area contributed by atoms with Crippen LogP contribution in [-0.2, 0) is 22.6 Å². The molecule has 2 aliphatic rings. The number of nitrogens with one attached hydrogen (secondary N) is 2. The van der Waals surface area contributed by atoms with E-state index in [1.165, 1.54) is 5.56 Å². The first-order valence-electron chi connectivity index (χ1n) is 15.4. The third-order valence-electron chi connectivity index (χ3n) is 8.85. The summed E-state index contributed by atoms with van der Waals surface area (Å²) in [6, 6.07) is 15.4. The van der Waals surface area contributed by atoms with Gasteiger partial charge in [-0.25, -0.2) is 4.79 Å². The molecule has 1 amide bonds. The van der Waals surface area contributed by atoms with Gasteiger partial charge < -0.3 is 61.5 Å². The molecule has 4 N–H and O–H groups in total. The van der Waals surface area contributed by atoms with E-state index in [0.717, 1.165) is 99.1 Å². The molecule has 2 aromatic carbocycles. The van der Waals surface area contributed by atoms with Crippen LogP contribution < -0.4 is 57.9 Å². The molecule has 2 aliphatic heterocycles. The standard InChI is InChI=1S/C34H44N4O4.3ClH/c1-5-38(29-10-14-41-15-11-29)32-20-28(27-8-6-26(7-9-27)22-37-12-16-42-17-13-37)19-30(25(32)4)33(39)35-21-31-23(2)18-24(3)36-34(31)40;;;/h6-9,18-20,29H,5,10-17,21-22H2,1-4H3,(H,35,39)(H,36,40);3*1H/p-1. The molecule has 0 spiro atoms. The van der Waals surface area contributed by atoms with E-state index in [1.807, 2.05) is 26.0 Å². The van der Waals surface area contributed by atoms with Gasteiger partial charge in [-0.3, -0.25) is 10.1 Å². The van der Waals surface area contributed by atoms with Crippen LogP contribution in [-0.4, -0.2) is 63.0 Å². The average molecular weight is 681 g/mol. The van der Waals surface area contributed by atoms with Crippen LogP contribution in [0.15, 0.2) is 47.3 Å². The van der Waals surface area contributed by atoms with Gasteiger partial charge in [-0.1, -0.05) is 24.3 Å². The number of nitrogens with zero attached hydrogens (tertiary/aromatic N) is 1. The number of quaternary nitrogens is 2. The highest BCUT2D eigenvalue weighted by Gasteiger charge is 2.26. The van der Waals surface area contributed by atoms with Gasteiger partial charge in [-0.2, -0.15) is 0 Å². The molecule has 0 saturated carbocycles. The van der Waals surface area contributed by atoms with Gasteiger partial charge in [-0.15, -0.1) is 0 Å². The van der Waals surface area contributed by atoms with E-state index >= 15 is 0 Å². The monoisotopic (exact) mass is 679 g/mol. The van der Waals surface area contributed by atoms with Crippen LogP contribution in [0.25, 0.3) is 11.1 Å². The summed E-state index contributed by atoms with van der Waals surface area (Å²) >= 11 is 0. The fourth-order valence-corrected chi connectivity index (χ4v) is 6.42. The van der Waals surface area contributed by atoms with Crippen molar-refractivity contribution in [2.45, 2.75) is 59.7 Å². The number of pyridine rings is 1. The maximum atomic E-state index is 13.8. The Kier molecular flexibility index (Phi) is 15.5. The van der Waals surface area contributed by atoms with Crippen LogP contribution in [0.4, 0.5) is 5.69 Å². The smallest absolute Gasteiger partial charge is 0.343 e. The second-order valence-corrected chi connectivity index (χ2v) is 11.7. The molecule has 3 heterocycles. The number of hydrogen-bond donors (Lipinski definition) is 3. The van der Waals surface area contributed by atoms with E-state index in [0.29, 0.717) is 23.7 Å². The minimum atomic E-state index is -0.126. The highest BCUT2D eigenvalue weighted by molar-refractivity contribution is 5.93. The molecule has 248 valence electrons. The number of aromatic amines is 1. The fraction of sp³-hybridized carbons (Fsp3) is 0.471. The number of benzene rings is 2. The van der Waals surface area contributed by atoms with Gasteiger partial charge in [0.1, 0.15) is 26.2 Å². The van der Waals surface area contributed by atoms with Crippen molar-refractivity contribution >= 4 is 11.6 Å². The summed E-state index contributed by atoms with van der Waals surface area (Å²) < 4.78 is 11.2. The van der Waals surface area contributed by atoms with Crippen molar-refractivity contribution in [1.29, 1.82) is 0 Å². The van der Waals surface area contributed by atoms with Gasteiger partial charge in [0.05, 0.1) is 24.3 Å². The molecule has 0 unspecified atom stereocenters. The van der Waals surface area contributed by atoms with Gasteiger partial charge in [-0.05, 0) is 81.0 Å². The normalized spacial score (nSPS) is 15.4. The van der Waals surface area contributed by atoms with E-state index in [1.54, 1.807) is 10.2 Å². The number of aryl methyl sites for hydroxylation is 2. The van der Waals surface area contributed by atoms with Crippen molar-refractivity contribution in [3.05, 3.63) is 86.3 Å². The molecule has 0 atom stereocenters. The Hall–Kier alpha value is -2.43. The molecule has 11 heteroatoms. The third kappa shape index (κ3) is 9.55. The van der Waals surface area contributed by atoms with Crippen molar-refractivity contribution in [2.24, 2.45) is 0 Å². The second kappa shape index (κ2) is 18.0. The predicted molar refractivity (Wildman–Crippen MR) is 165 cm³/mol. The first-order valence-corrected chi connectivity index (χ1v) is 15.4. The number of primary amides is 1. The van der Waals surface area contributed by atoms with Gasteiger partial charge in [0.15, 0.2) is 0 Å². The molecule has 5 rings (SSSR count). The summed E-state index contributed by atoms with van der Waals surface area (Å²) in [5, 5.41) is 1.67. The molecule has 0 radical (unpaired) electrons. The maximum Gasteiger partial charge on any atom is 0.343 e. The molecule has 3 aromatic rings. The van der Waals surface area contributed by atoms with Crippen LogP contribution >= 0.6 is 0 Å². The number of morpholine rings is 1. The zero-order chi connectivity index (χ0) is 29.6. The third-order valence-corrected chi connectivity index (χ3v) is 8.85. The van der Waals surface area contributed by atoms with Crippen LogP contribution in [0, 0.1) is 20.8 Å². The zero-order valence-electron chi connectivity index (χ0n) is 26.7. The summed E-state index contributed by atoms with van der Waals surface area (Å²) in [6.07, 6.45) is 1.95. The van der Waals surface area contributed by atoms with Crippen LogP contribution in [0.3, 0.4) is 0 Å². The van der Waals surface area contributed by atoms with E-state index in [-0.39, 0.29) is 48.7 Å². The van der Waals surface area contributed by atoms with Crippen molar-refractivity contribution in [1.82, 2.24) is 4.98 Å². The maximum absolute atomic E-state index is 13.8. The number of carbonyl (C=O) groups is 1. The lowest BCUT2D eigenvalue weighted by molar-refractivity contribution is -0.921. The number of anilines is 1. The number of amides is 1. The lowest BCUT2D eigenvalue weighted by Crippen LogP contribution is -3.12. The second-order valence-electron chi connectivity index (χ2n) is 11.7. The molecule has 45 heavy (non-hydrogen) atoms. The minimum absolute atomic E-state index is 0. The minimum Gasteiger partial charge on any atom is -1.00 e. The summed E-state index contributed by atoms with van der Waals surface area (Å²) in [7, 11) is 0. The van der Waals surface area contributed by atoms with Crippen molar-refractivity contribution in [3.63, 3.8) is 0 Å². The SMILES string of the molecule is CCN(c1cc(-c2ccc(C[NH+]3CCOCC3)cc2)cc(C(=O)[NH2+]Cc2c(C)cc(C)[nH]c2=O)c1C)C1CCOCC1.[Cl-].[Cl-].[Cl-]. The van der Waals surface area contributed by atoms with Gasteiger partial charge in [0.25, 0.3) is 5.56 Å². The zero-order valence-corrected chi connectivity index (χ0v) is 29.0. The topological polar surface area (TPSA) is 92.7 Å². The lowest BCUT2D eigenvalue weighted by atomic mass is 9.94. The summed E-state index contributed by atoms with van der Waals surface area (Å²) in [5.41, 5.74) is 8.46. The Morgan fingerprint density at radius 1 is 0.933 bits per heavy atom. The first-order chi connectivity index (χ1) is 20.3. The van der Waals surface area contributed by atoms with Crippen molar-refractivity contribution in [2.75, 3.05) is 51.0 Å². The molecular weight excluding hydrogens is 635 g/mol. The first kappa shape index (κ1) is 38.8. The number of hydrogen-bond acceptors (Lipinski definition) is 5. The number of halogens is 3. The van der Waals surface area contributed by atoms with Crippen molar-refractivity contribution in [3.8, 4) is 11.1 Å². The highest BCUT2D eigenvalue weighted by Crippen LogP contribution is 2.33. The Morgan fingerprint density at radius 2 is 1.58 bits per heavy atom. The lowest BCUT2D eigenvalue weighted by Gasteiger charge is -2.36. The number of carbonyl (C=O) groups excluding carboxylic acids is 1. The summed E-state index contributed by atoms with van der Waals surface area (Å²) in [6.45, 7) is 15.4. The Bertz CT molecular complexity index is 1450. The number of rotatable bonds is 9. The van der Waals surface area contributed by atoms with Crippen LogP contribution in [0.5, 0.6) is 0 Å². The van der Waals surface area contributed by atoms with Crippen molar-refractivity contribution < 1.29 is 61.7 Å². The number of ether oxygens (including phenoxy) is 2. The van der Waals surface area contributed by atoms with Gasteiger partial charge in [0.2, 0.25) is 0 Å². The van der Waals surface area contributed by atoms with E-state index in [9.17, 15) is 9.59 Å². The van der Waals surface area contributed by atoms with Gasteiger partial charge in [0, 0.05) is 42.7 Å². The Labute approximate surface area is 285 Å². The molecule has 0 aliphatic carbocycles. The molecule has 2 fully saturated rings. The molecule has 2 saturated heterocycles. The highest BCUT2D eigenvalue weighted by atomic mass is 35.5. The average Bonchev–Trinajstić information content (AvgIpc) is 2.99. The largest absolute Gasteiger partial charge is 1.00 e. The van der Waals surface area contributed by atoms with Crippen LogP contribution in [0.1, 0.15) is 58.1 Å². The van der Waals surface area contributed by atoms with E-state index < -0.39 is 0 Å². The van der Waals surface area contributed by atoms with Gasteiger partial charge >= 0.3 is 5.91 Å². The molecule has 0 bridgehead atoms. The number of aromatic nitrogens is 1. The summed E-state index contributed by atoms with van der Waals surface area (Å²) in [4.78, 5) is 33.3. The molecule has 1 aromatic heterocycles. The summed E-state index contributed by atoms with van der Waals surface area (Å²) in [5.74, 6) is -0.0504. The Morgan fingerprint density at radius 3 is 2.20 bits per heavy atom. The van der Waals surface area contributed by atoms with E-state index in [2.05, 4.69) is 54.1 Å². The number of H-pyrrole nitrogens is 1. The Balaban J connectivity index is 0.00000235. The fourth-order valence-electron chi connectivity index (χ4n) is 6.42. The van der Waals surface area contributed by atoms with Crippen LogP contribution in [0.2, 0.25) is 0 Å². The molecule has 8 nitrogen and oxygen atoms in total.